The first-order valence-electron chi connectivity index (χ1n) is 5.53. The largest absolute Gasteiger partial charge is 0.478 e. The van der Waals surface area contributed by atoms with Crippen molar-refractivity contribution in [2.75, 3.05) is 0 Å². The van der Waals surface area contributed by atoms with Crippen molar-refractivity contribution in [2.24, 2.45) is 0 Å². The number of rotatable bonds is 5. The Morgan fingerprint density at radius 2 is 2.35 bits per heavy atom. The van der Waals surface area contributed by atoms with Crippen LogP contribution in [0.5, 0.6) is 5.75 Å². The normalized spacial score (nSPS) is 12.2. The highest BCUT2D eigenvalue weighted by molar-refractivity contribution is 9.10. The molecular formula is C11H10BrN3O5. The lowest BCUT2D eigenvalue weighted by Gasteiger charge is -2.13. The fourth-order valence-corrected chi connectivity index (χ4v) is 2.06. The summed E-state index contributed by atoms with van der Waals surface area (Å²) in [6.45, 7) is 1.39. The molecular weight excluding hydrogens is 334 g/mol. The van der Waals surface area contributed by atoms with Crippen LogP contribution in [-0.4, -0.2) is 20.2 Å². The molecule has 1 N–H and O–H groups in total. The molecule has 0 aliphatic carbocycles. The molecule has 0 aliphatic rings. The number of aliphatic hydroxyl groups is 1. The maximum atomic E-state index is 11.1. The minimum atomic E-state index is -0.925. The summed E-state index contributed by atoms with van der Waals surface area (Å²) in [4.78, 5) is 14.3. The van der Waals surface area contributed by atoms with E-state index < -0.39 is 11.0 Å². The van der Waals surface area contributed by atoms with Gasteiger partial charge in [0.15, 0.2) is 6.61 Å². The van der Waals surface area contributed by atoms with Crippen molar-refractivity contribution >= 4 is 21.6 Å². The molecule has 9 heteroatoms. The van der Waals surface area contributed by atoms with Crippen LogP contribution in [0.25, 0.3) is 0 Å². The molecule has 0 saturated carbocycles. The van der Waals surface area contributed by atoms with Gasteiger partial charge in [-0.25, -0.2) is 0 Å². The summed E-state index contributed by atoms with van der Waals surface area (Å²) in [5.74, 6) is 0.233. The number of nitrogens with zero attached hydrogens (tertiary/aromatic N) is 3. The summed E-state index contributed by atoms with van der Waals surface area (Å²) in [5.41, 5.74) is 0.0494. The van der Waals surface area contributed by atoms with Crippen LogP contribution in [0.4, 0.5) is 5.69 Å². The molecule has 1 unspecified atom stereocenters. The van der Waals surface area contributed by atoms with E-state index in [1.807, 2.05) is 0 Å². The average molecular weight is 344 g/mol. The van der Waals surface area contributed by atoms with Gasteiger partial charge in [-0.2, -0.15) is 4.98 Å². The molecule has 0 aliphatic heterocycles. The van der Waals surface area contributed by atoms with Crippen LogP contribution < -0.4 is 4.74 Å². The van der Waals surface area contributed by atoms with Gasteiger partial charge < -0.3 is 14.4 Å². The maximum absolute atomic E-state index is 11.1. The van der Waals surface area contributed by atoms with Crippen LogP contribution in [0.2, 0.25) is 0 Å². The second-order valence-electron chi connectivity index (χ2n) is 3.91. The van der Waals surface area contributed by atoms with E-state index in [-0.39, 0.29) is 23.9 Å². The second kappa shape index (κ2) is 5.97. The van der Waals surface area contributed by atoms with Gasteiger partial charge in [-0.1, -0.05) is 21.1 Å². The molecule has 8 nitrogen and oxygen atoms in total. The van der Waals surface area contributed by atoms with Crippen molar-refractivity contribution < 1.29 is 19.3 Å². The first-order chi connectivity index (χ1) is 9.49. The smallest absolute Gasteiger partial charge is 0.312 e. The van der Waals surface area contributed by atoms with Gasteiger partial charge in [0.2, 0.25) is 18.0 Å². The van der Waals surface area contributed by atoms with Gasteiger partial charge in [0.25, 0.3) is 0 Å². The van der Waals surface area contributed by atoms with Crippen molar-refractivity contribution in [1.29, 1.82) is 0 Å². The quantitative estimate of drug-likeness (QED) is 0.654. The molecule has 2 rings (SSSR count). The molecule has 2 aromatic rings. The first kappa shape index (κ1) is 14.4. The lowest BCUT2D eigenvalue weighted by Crippen LogP contribution is -2.05. The highest BCUT2D eigenvalue weighted by Crippen LogP contribution is 2.38. The Hall–Kier alpha value is -2.00. The molecule has 0 saturated heterocycles. The highest BCUT2D eigenvalue weighted by Gasteiger charge is 2.23. The van der Waals surface area contributed by atoms with Gasteiger partial charge >= 0.3 is 5.69 Å². The summed E-state index contributed by atoms with van der Waals surface area (Å²) in [6, 6.07) is 2.86. The van der Waals surface area contributed by atoms with Gasteiger partial charge in [0.1, 0.15) is 0 Å². The molecule has 106 valence electrons. The summed E-state index contributed by atoms with van der Waals surface area (Å²) in [7, 11) is 0. The van der Waals surface area contributed by atoms with Gasteiger partial charge in [0, 0.05) is 16.1 Å². The van der Waals surface area contributed by atoms with Crippen molar-refractivity contribution in [3.63, 3.8) is 0 Å². The molecule has 0 spiro atoms. The zero-order valence-electron chi connectivity index (χ0n) is 10.3. The zero-order valence-corrected chi connectivity index (χ0v) is 11.9. The van der Waals surface area contributed by atoms with E-state index in [9.17, 15) is 15.2 Å². The first-order valence-corrected chi connectivity index (χ1v) is 6.32. The molecule has 1 aromatic carbocycles. The van der Waals surface area contributed by atoms with E-state index in [0.717, 1.165) is 6.39 Å². The van der Waals surface area contributed by atoms with Crippen molar-refractivity contribution in [3.8, 4) is 5.75 Å². The molecule has 0 bridgehead atoms. The van der Waals surface area contributed by atoms with Crippen LogP contribution in [0, 0.1) is 10.1 Å². The summed E-state index contributed by atoms with van der Waals surface area (Å²) in [5, 5.41) is 24.3. The SMILES string of the molecule is CC(O)c1cc(Br)cc([N+](=O)[O-])c1OCc1ncon1. The highest BCUT2D eigenvalue weighted by atomic mass is 79.9. The Morgan fingerprint density at radius 3 is 2.90 bits per heavy atom. The van der Waals surface area contributed by atoms with Crippen LogP contribution in [0.3, 0.4) is 0 Å². The van der Waals surface area contributed by atoms with Gasteiger partial charge in [0.05, 0.1) is 11.0 Å². The van der Waals surface area contributed by atoms with Crippen LogP contribution in [0.15, 0.2) is 27.5 Å². The Morgan fingerprint density at radius 1 is 1.60 bits per heavy atom. The van der Waals surface area contributed by atoms with Crippen LogP contribution in [-0.2, 0) is 6.61 Å². The molecule has 0 radical (unpaired) electrons. The minimum Gasteiger partial charge on any atom is -0.478 e. The number of nitro groups is 1. The van der Waals surface area contributed by atoms with Crippen LogP contribution >= 0.6 is 15.9 Å². The fourth-order valence-electron chi connectivity index (χ4n) is 1.60. The number of ether oxygens (including phenoxy) is 1. The number of aliphatic hydroxyl groups excluding tert-OH is 1. The van der Waals surface area contributed by atoms with Gasteiger partial charge in [-0.05, 0) is 13.0 Å². The Bertz CT molecular complexity index is 615. The summed E-state index contributed by atoms with van der Waals surface area (Å²) < 4.78 is 10.4. The summed E-state index contributed by atoms with van der Waals surface area (Å²) >= 11 is 3.16. The number of hydrogen-bond donors (Lipinski definition) is 1. The zero-order chi connectivity index (χ0) is 14.7. The lowest BCUT2D eigenvalue weighted by atomic mass is 10.1. The molecule has 1 heterocycles. The number of halogens is 1. The Labute approximate surface area is 121 Å². The van der Waals surface area contributed by atoms with E-state index in [1.165, 1.54) is 13.0 Å². The maximum Gasteiger partial charge on any atom is 0.312 e. The van der Waals surface area contributed by atoms with E-state index in [1.54, 1.807) is 6.07 Å². The van der Waals surface area contributed by atoms with E-state index in [0.29, 0.717) is 10.0 Å². The molecule has 0 fully saturated rings. The van der Waals surface area contributed by atoms with E-state index >= 15 is 0 Å². The van der Waals surface area contributed by atoms with Crippen LogP contribution in [0.1, 0.15) is 24.4 Å². The predicted molar refractivity (Wildman–Crippen MR) is 70.1 cm³/mol. The molecule has 20 heavy (non-hydrogen) atoms. The minimum absolute atomic E-state index is 0.0157. The van der Waals surface area contributed by atoms with Gasteiger partial charge in [-0.3, -0.25) is 10.1 Å². The molecule has 1 atom stereocenters. The van der Waals surface area contributed by atoms with Gasteiger partial charge in [-0.15, -0.1) is 0 Å². The average Bonchev–Trinajstić information content (AvgIpc) is 2.89. The van der Waals surface area contributed by atoms with E-state index in [4.69, 9.17) is 4.74 Å². The Balaban J connectivity index is 2.39. The van der Waals surface area contributed by atoms with Crippen molar-refractivity contribution in [1.82, 2.24) is 10.1 Å². The lowest BCUT2D eigenvalue weighted by molar-refractivity contribution is -0.386. The third kappa shape index (κ3) is 3.11. The van der Waals surface area contributed by atoms with E-state index in [2.05, 4.69) is 30.6 Å². The predicted octanol–water partition coefficient (Wildman–Crippen LogP) is 2.37. The summed E-state index contributed by atoms with van der Waals surface area (Å²) in [6.07, 6.45) is 0.205. The standard InChI is InChI=1S/C11H10BrN3O5/c1-6(16)8-2-7(12)3-9(15(17)18)11(8)19-4-10-13-5-20-14-10/h2-3,5-6,16H,4H2,1H3. The molecule has 1 aromatic heterocycles. The third-order valence-corrected chi connectivity index (χ3v) is 2.92. The fraction of sp³-hybridized carbons (Fsp3) is 0.273. The number of hydrogen-bond acceptors (Lipinski definition) is 7. The Kier molecular flexibility index (Phi) is 4.30. The monoisotopic (exact) mass is 343 g/mol. The van der Waals surface area contributed by atoms with Crippen molar-refractivity contribution in [3.05, 3.63) is 44.5 Å². The topological polar surface area (TPSA) is 112 Å². The second-order valence-corrected chi connectivity index (χ2v) is 4.83. The van der Waals surface area contributed by atoms with Crippen molar-refractivity contribution in [2.45, 2.75) is 19.6 Å². The third-order valence-electron chi connectivity index (χ3n) is 2.46. The number of benzene rings is 1. The number of aromatic nitrogens is 2. The number of nitro benzene ring substituents is 1. The molecule has 0 amide bonds.